The third kappa shape index (κ3) is 3.22. The van der Waals surface area contributed by atoms with Crippen molar-refractivity contribution in [2.75, 3.05) is 0 Å². The summed E-state index contributed by atoms with van der Waals surface area (Å²) in [5.41, 5.74) is 4.46. The maximum Gasteiger partial charge on any atom is 0.286 e. The standard InChI is InChI=1S/C26H19ClN4O/c27-20-12-14-22(15-13-20)31-24(19-10-8-18(9-11-19)17-6-7-17)29-25-23(26(31)32)28-16-30(25)21-4-2-1-3-5-21/h1-5,8-17H,6-7H2. The lowest BCUT2D eigenvalue weighted by molar-refractivity contribution is 0.961. The van der Waals surface area contributed by atoms with Crippen LogP contribution in [0.5, 0.6) is 0 Å². The predicted octanol–water partition coefficient (Wildman–Crippen LogP) is 5.77. The summed E-state index contributed by atoms with van der Waals surface area (Å²) in [5.74, 6) is 1.24. The van der Waals surface area contributed by atoms with Crippen LogP contribution in [0.25, 0.3) is 33.9 Å². The van der Waals surface area contributed by atoms with Crippen molar-refractivity contribution >= 4 is 22.8 Å². The molecule has 0 spiro atoms. The van der Waals surface area contributed by atoms with Crippen molar-refractivity contribution in [2.45, 2.75) is 18.8 Å². The lowest BCUT2D eigenvalue weighted by Crippen LogP contribution is -2.22. The van der Waals surface area contributed by atoms with Gasteiger partial charge in [0.1, 0.15) is 12.2 Å². The van der Waals surface area contributed by atoms with Crippen LogP contribution in [0.3, 0.4) is 0 Å². The van der Waals surface area contributed by atoms with Gasteiger partial charge in [0.15, 0.2) is 11.2 Å². The van der Waals surface area contributed by atoms with Crippen molar-refractivity contribution in [2.24, 2.45) is 0 Å². The molecule has 0 unspecified atom stereocenters. The van der Waals surface area contributed by atoms with Crippen LogP contribution < -0.4 is 5.56 Å². The topological polar surface area (TPSA) is 52.7 Å². The number of aromatic nitrogens is 4. The van der Waals surface area contributed by atoms with Gasteiger partial charge in [0.25, 0.3) is 5.56 Å². The molecule has 1 aliphatic carbocycles. The molecule has 2 aromatic heterocycles. The van der Waals surface area contributed by atoms with Gasteiger partial charge in [-0.3, -0.25) is 13.9 Å². The third-order valence-corrected chi connectivity index (χ3v) is 6.16. The Kier molecular flexibility index (Phi) is 4.44. The zero-order valence-corrected chi connectivity index (χ0v) is 17.9. The van der Waals surface area contributed by atoms with Gasteiger partial charge in [0.05, 0.1) is 5.69 Å². The average Bonchev–Trinajstić information content (AvgIpc) is 3.59. The number of para-hydroxylation sites is 1. The minimum Gasteiger partial charge on any atom is -0.283 e. The highest BCUT2D eigenvalue weighted by atomic mass is 35.5. The molecule has 5 nitrogen and oxygen atoms in total. The van der Waals surface area contributed by atoms with E-state index in [4.69, 9.17) is 16.6 Å². The second kappa shape index (κ2) is 7.46. The molecule has 0 bridgehead atoms. The Balaban J connectivity index is 1.62. The molecule has 0 radical (unpaired) electrons. The number of nitrogens with zero attached hydrogens (tertiary/aromatic N) is 4. The van der Waals surface area contributed by atoms with E-state index in [1.165, 1.54) is 18.4 Å². The monoisotopic (exact) mass is 438 g/mol. The number of rotatable bonds is 4. The van der Waals surface area contributed by atoms with Crippen molar-refractivity contribution in [3.05, 3.63) is 106 Å². The van der Waals surface area contributed by atoms with E-state index in [2.05, 4.69) is 29.2 Å². The molecule has 0 amide bonds. The van der Waals surface area contributed by atoms with Crippen molar-refractivity contribution < 1.29 is 0 Å². The number of fused-ring (bicyclic) bond motifs is 1. The lowest BCUT2D eigenvalue weighted by atomic mass is 10.1. The number of benzene rings is 3. The van der Waals surface area contributed by atoms with E-state index < -0.39 is 0 Å². The largest absolute Gasteiger partial charge is 0.286 e. The quantitative estimate of drug-likeness (QED) is 0.358. The molecule has 6 heteroatoms. The van der Waals surface area contributed by atoms with E-state index in [-0.39, 0.29) is 5.56 Å². The summed E-state index contributed by atoms with van der Waals surface area (Å²) in [6, 6.07) is 25.4. The highest BCUT2D eigenvalue weighted by Gasteiger charge is 2.24. The Labute approximate surface area is 189 Å². The molecule has 156 valence electrons. The van der Waals surface area contributed by atoms with E-state index in [1.807, 2.05) is 47.0 Å². The van der Waals surface area contributed by atoms with Gasteiger partial charge in [-0.1, -0.05) is 54.1 Å². The van der Waals surface area contributed by atoms with Crippen LogP contribution in [0, 0.1) is 0 Å². The van der Waals surface area contributed by atoms with Gasteiger partial charge < -0.3 is 0 Å². The first-order chi connectivity index (χ1) is 15.7. The van der Waals surface area contributed by atoms with E-state index in [1.54, 1.807) is 23.0 Å². The smallest absolute Gasteiger partial charge is 0.283 e. The zero-order chi connectivity index (χ0) is 21.7. The first-order valence-electron chi connectivity index (χ1n) is 10.6. The van der Waals surface area contributed by atoms with Crippen LogP contribution in [-0.4, -0.2) is 19.1 Å². The van der Waals surface area contributed by atoms with Crippen molar-refractivity contribution in [1.29, 1.82) is 0 Å². The Morgan fingerprint density at radius 3 is 2.25 bits per heavy atom. The normalized spacial score (nSPS) is 13.5. The minimum absolute atomic E-state index is 0.215. The molecule has 0 N–H and O–H groups in total. The lowest BCUT2D eigenvalue weighted by Gasteiger charge is -2.14. The minimum atomic E-state index is -0.215. The van der Waals surface area contributed by atoms with Crippen LogP contribution in [0.2, 0.25) is 5.02 Å². The first-order valence-corrected chi connectivity index (χ1v) is 11.0. The molecule has 1 aliphatic rings. The van der Waals surface area contributed by atoms with Gasteiger partial charge in [-0.25, -0.2) is 9.97 Å². The van der Waals surface area contributed by atoms with Crippen LogP contribution in [0.1, 0.15) is 24.3 Å². The van der Waals surface area contributed by atoms with Gasteiger partial charge in [-0.15, -0.1) is 0 Å². The third-order valence-electron chi connectivity index (χ3n) is 5.91. The van der Waals surface area contributed by atoms with E-state index in [0.717, 1.165) is 11.3 Å². The van der Waals surface area contributed by atoms with Gasteiger partial charge in [0.2, 0.25) is 0 Å². The fraction of sp³-hybridized carbons (Fsp3) is 0.115. The zero-order valence-electron chi connectivity index (χ0n) is 17.1. The number of imidazole rings is 1. The molecule has 0 atom stereocenters. The SMILES string of the molecule is O=c1c2ncn(-c3ccccc3)c2nc(-c2ccc(C3CC3)cc2)n1-c1ccc(Cl)cc1. The summed E-state index contributed by atoms with van der Waals surface area (Å²) in [5, 5.41) is 0.611. The first kappa shape index (κ1) is 19.0. The van der Waals surface area contributed by atoms with Gasteiger partial charge >= 0.3 is 0 Å². The van der Waals surface area contributed by atoms with Gasteiger partial charge in [0, 0.05) is 16.3 Å². The van der Waals surface area contributed by atoms with Crippen molar-refractivity contribution in [3.63, 3.8) is 0 Å². The summed E-state index contributed by atoms with van der Waals surface area (Å²) in [6.45, 7) is 0. The molecular weight excluding hydrogens is 420 g/mol. The maximum atomic E-state index is 13.7. The molecule has 3 aromatic carbocycles. The molecule has 1 saturated carbocycles. The molecule has 0 saturated heterocycles. The summed E-state index contributed by atoms with van der Waals surface area (Å²) in [7, 11) is 0. The number of hydrogen-bond acceptors (Lipinski definition) is 3. The van der Waals surface area contributed by atoms with E-state index in [0.29, 0.717) is 33.6 Å². The summed E-state index contributed by atoms with van der Waals surface area (Å²) >= 11 is 6.10. The maximum absolute atomic E-state index is 13.7. The highest BCUT2D eigenvalue weighted by molar-refractivity contribution is 6.30. The molecule has 1 fully saturated rings. The predicted molar refractivity (Wildman–Crippen MR) is 127 cm³/mol. The van der Waals surface area contributed by atoms with Crippen LogP contribution in [-0.2, 0) is 0 Å². The summed E-state index contributed by atoms with van der Waals surface area (Å²) < 4.78 is 3.47. The molecule has 32 heavy (non-hydrogen) atoms. The van der Waals surface area contributed by atoms with E-state index in [9.17, 15) is 4.79 Å². The van der Waals surface area contributed by atoms with Crippen molar-refractivity contribution in [3.8, 4) is 22.8 Å². The molecule has 6 rings (SSSR count). The Bertz CT molecular complexity index is 1480. The second-order valence-electron chi connectivity index (χ2n) is 8.07. The molecular formula is C26H19ClN4O. The fourth-order valence-corrected chi connectivity index (χ4v) is 4.20. The number of halogens is 1. The Hall–Kier alpha value is -3.70. The van der Waals surface area contributed by atoms with Crippen LogP contribution in [0.15, 0.2) is 90.0 Å². The van der Waals surface area contributed by atoms with Crippen LogP contribution in [0.4, 0.5) is 0 Å². The van der Waals surface area contributed by atoms with Gasteiger partial charge in [-0.05, 0) is 60.7 Å². The summed E-state index contributed by atoms with van der Waals surface area (Å²) in [4.78, 5) is 23.0. The molecule has 5 aromatic rings. The van der Waals surface area contributed by atoms with Crippen molar-refractivity contribution in [1.82, 2.24) is 19.1 Å². The summed E-state index contributed by atoms with van der Waals surface area (Å²) in [6.07, 6.45) is 4.14. The van der Waals surface area contributed by atoms with Crippen LogP contribution >= 0.6 is 11.6 Å². The van der Waals surface area contributed by atoms with E-state index >= 15 is 0 Å². The Morgan fingerprint density at radius 1 is 0.844 bits per heavy atom. The fourth-order valence-electron chi connectivity index (χ4n) is 4.07. The molecule has 0 aliphatic heterocycles. The Morgan fingerprint density at radius 2 is 1.56 bits per heavy atom. The second-order valence-corrected chi connectivity index (χ2v) is 8.51. The number of hydrogen-bond donors (Lipinski definition) is 0. The highest BCUT2D eigenvalue weighted by Crippen LogP contribution is 2.40. The molecule has 2 heterocycles. The average molecular weight is 439 g/mol. The van der Waals surface area contributed by atoms with Gasteiger partial charge in [-0.2, -0.15) is 0 Å².